The molecule has 82 valence electrons. The van der Waals surface area contributed by atoms with Gasteiger partial charge in [0.15, 0.2) is 5.79 Å². The summed E-state index contributed by atoms with van der Waals surface area (Å²) in [5, 5.41) is 0. The zero-order valence-electron chi connectivity index (χ0n) is 9.03. The van der Waals surface area contributed by atoms with Crippen LogP contribution >= 0.6 is 0 Å². The van der Waals surface area contributed by atoms with Crippen molar-refractivity contribution >= 4 is 5.91 Å². The highest BCUT2D eigenvalue weighted by molar-refractivity contribution is 5.80. The Labute approximate surface area is 88.8 Å². The molecule has 0 spiro atoms. The van der Waals surface area contributed by atoms with Crippen molar-refractivity contribution in [1.82, 2.24) is 4.90 Å². The first kappa shape index (κ1) is 9.36. The molecular weight excluding hydrogens is 194 g/mol. The van der Waals surface area contributed by atoms with Crippen molar-refractivity contribution in [2.45, 2.75) is 44.7 Å². The summed E-state index contributed by atoms with van der Waals surface area (Å²) in [6.07, 6.45) is 3.54. The van der Waals surface area contributed by atoms with Crippen LogP contribution in [0.3, 0.4) is 0 Å². The average Bonchev–Trinajstić information content (AvgIpc) is 2.59. The SMILES string of the molecule is CC1(C)O[C@@H]2CN3C(=O)CCC=C3[C@@H]2O1. The number of hydrogen-bond donors (Lipinski definition) is 0. The maximum Gasteiger partial charge on any atom is 0.227 e. The molecule has 0 aromatic carbocycles. The van der Waals surface area contributed by atoms with E-state index in [2.05, 4.69) is 6.08 Å². The van der Waals surface area contributed by atoms with Gasteiger partial charge in [-0.2, -0.15) is 0 Å². The van der Waals surface area contributed by atoms with E-state index in [1.807, 2.05) is 18.7 Å². The quantitative estimate of drug-likeness (QED) is 0.598. The van der Waals surface area contributed by atoms with Crippen LogP contribution in [-0.4, -0.2) is 35.3 Å². The summed E-state index contributed by atoms with van der Waals surface area (Å²) >= 11 is 0. The molecule has 2 saturated heterocycles. The minimum atomic E-state index is -0.511. The molecule has 2 atom stereocenters. The Morgan fingerprint density at radius 2 is 2.27 bits per heavy atom. The van der Waals surface area contributed by atoms with Gasteiger partial charge < -0.3 is 14.4 Å². The molecule has 0 unspecified atom stereocenters. The van der Waals surface area contributed by atoms with Crippen molar-refractivity contribution in [2.75, 3.05) is 6.54 Å². The third kappa shape index (κ3) is 1.32. The molecular formula is C11H15NO3. The van der Waals surface area contributed by atoms with E-state index in [1.165, 1.54) is 0 Å². The number of carbonyl (C=O) groups is 1. The number of nitrogens with zero attached hydrogens (tertiary/aromatic N) is 1. The average molecular weight is 209 g/mol. The van der Waals surface area contributed by atoms with Crippen molar-refractivity contribution in [3.8, 4) is 0 Å². The largest absolute Gasteiger partial charge is 0.342 e. The van der Waals surface area contributed by atoms with E-state index in [0.29, 0.717) is 13.0 Å². The number of allylic oxidation sites excluding steroid dienone is 1. The second-order valence-electron chi connectivity index (χ2n) is 4.77. The van der Waals surface area contributed by atoms with E-state index >= 15 is 0 Å². The lowest BCUT2D eigenvalue weighted by molar-refractivity contribution is -0.156. The molecule has 3 aliphatic rings. The van der Waals surface area contributed by atoms with E-state index in [-0.39, 0.29) is 18.1 Å². The second kappa shape index (κ2) is 2.83. The number of rotatable bonds is 0. The van der Waals surface area contributed by atoms with E-state index < -0.39 is 5.79 Å². The Balaban J connectivity index is 1.90. The first-order chi connectivity index (χ1) is 7.07. The smallest absolute Gasteiger partial charge is 0.227 e. The summed E-state index contributed by atoms with van der Waals surface area (Å²) in [5.74, 6) is -0.310. The van der Waals surface area contributed by atoms with Crippen LogP contribution in [0.25, 0.3) is 0 Å². The van der Waals surface area contributed by atoms with Crippen molar-refractivity contribution < 1.29 is 14.3 Å². The fourth-order valence-corrected chi connectivity index (χ4v) is 2.61. The summed E-state index contributed by atoms with van der Waals surface area (Å²) in [5.41, 5.74) is 1.02. The van der Waals surface area contributed by atoms with Crippen LogP contribution in [0.1, 0.15) is 26.7 Å². The van der Waals surface area contributed by atoms with Gasteiger partial charge in [0.2, 0.25) is 5.91 Å². The van der Waals surface area contributed by atoms with Gasteiger partial charge in [0, 0.05) is 12.1 Å². The molecule has 3 rings (SSSR count). The van der Waals surface area contributed by atoms with Gasteiger partial charge in [0.1, 0.15) is 12.2 Å². The van der Waals surface area contributed by atoms with E-state index in [0.717, 1.165) is 12.1 Å². The van der Waals surface area contributed by atoms with Crippen LogP contribution in [-0.2, 0) is 14.3 Å². The Morgan fingerprint density at radius 3 is 3.07 bits per heavy atom. The lowest BCUT2D eigenvalue weighted by Gasteiger charge is -2.26. The topological polar surface area (TPSA) is 38.8 Å². The summed E-state index contributed by atoms with van der Waals surface area (Å²) < 4.78 is 11.6. The van der Waals surface area contributed by atoms with Gasteiger partial charge in [0.05, 0.1) is 6.54 Å². The van der Waals surface area contributed by atoms with Crippen molar-refractivity contribution in [2.24, 2.45) is 0 Å². The summed E-state index contributed by atoms with van der Waals surface area (Å²) in [6.45, 7) is 4.49. The Hall–Kier alpha value is -0.870. The fourth-order valence-electron chi connectivity index (χ4n) is 2.61. The van der Waals surface area contributed by atoms with Crippen molar-refractivity contribution in [1.29, 1.82) is 0 Å². The van der Waals surface area contributed by atoms with Gasteiger partial charge in [-0.25, -0.2) is 0 Å². The molecule has 0 aromatic rings. The number of fused-ring (bicyclic) bond motifs is 3. The highest BCUT2D eigenvalue weighted by atomic mass is 16.8. The second-order valence-corrected chi connectivity index (χ2v) is 4.77. The summed E-state index contributed by atoms with van der Waals surface area (Å²) in [4.78, 5) is 13.5. The first-order valence-corrected chi connectivity index (χ1v) is 5.43. The van der Waals surface area contributed by atoms with E-state index in [4.69, 9.17) is 9.47 Å². The molecule has 4 nitrogen and oxygen atoms in total. The Morgan fingerprint density at radius 1 is 1.47 bits per heavy atom. The molecule has 0 aliphatic carbocycles. The maximum absolute atomic E-state index is 11.6. The third-order valence-corrected chi connectivity index (χ3v) is 3.16. The Bertz CT molecular complexity index is 348. The van der Waals surface area contributed by atoms with Crippen LogP contribution < -0.4 is 0 Å². The predicted molar refractivity (Wildman–Crippen MR) is 52.9 cm³/mol. The van der Waals surface area contributed by atoms with Crippen LogP contribution in [0.15, 0.2) is 11.8 Å². The minimum absolute atomic E-state index is 0.0216. The molecule has 3 heterocycles. The summed E-state index contributed by atoms with van der Waals surface area (Å²) in [7, 11) is 0. The number of ether oxygens (including phenoxy) is 2. The molecule has 0 saturated carbocycles. The standard InChI is InChI=1S/C11H15NO3/c1-11(2)14-8-6-12-7(10(8)15-11)4-3-5-9(12)13/h4,8,10H,3,5-6H2,1-2H3/t8-,10+/m1/s1. The molecule has 0 radical (unpaired) electrons. The van der Waals surface area contributed by atoms with Crippen LogP contribution in [0.5, 0.6) is 0 Å². The Kier molecular flexibility index (Phi) is 1.77. The predicted octanol–water partition coefficient (Wildman–Crippen LogP) is 1.03. The normalized spacial score (nSPS) is 37.6. The van der Waals surface area contributed by atoms with Crippen LogP contribution in [0.2, 0.25) is 0 Å². The molecule has 0 bridgehead atoms. The molecule has 0 aromatic heterocycles. The minimum Gasteiger partial charge on any atom is -0.342 e. The molecule has 4 heteroatoms. The zero-order valence-corrected chi connectivity index (χ0v) is 9.03. The van der Waals surface area contributed by atoms with Gasteiger partial charge >= 0.3 is 0 Å². The highest BCUT2D eigenvalue weighted by Crippen LogP contribution is 2.40. The highest BCUT2D eigenvalue weighted by Gasteiger charge is 2.51. The van der Waals surface area contributed by atoms with Crippen molar-refractivity contribution in [3.05, 3.63) is 11.8 Å². The molecule has 0 N–H and O–H groups in total. The lowest BCUT2D eigenvalue weighted by Crippen LogP contribution is -2.34. The van der Waals surface area contributed by atoms with E-state index in [9.17, 15) is 4.79 Å². The molecule has 15 heavy (non-hydrogen) atoms. The molecule has 3 aliphatic heterocycles. The number of amides is 1. The fraction of sp³-hybridized carbons (Fsp3) is 0.727. The van der Waals surface area contributed by atoms with Gasteiger partial charge in [0.25, 0.3) is 0 Å². The monoisotopic (exact) mass is 209 g/mol. The number of carbonyl (C=O) groups excluding carboxylic acids is 1. The molecule has 1 amide bonds. The van der Waals surface area contributed by atoms with Gasteiger partial charge in [-0.05, 0) is 20.3 Å². The van der Waals surface area contributed by atoms with Gasteiger partial charge in [-0.3, -0.25) is 4.79 Å². The first-order valence-electron chi connectivity index (χ1n) is 5.43. The van der Waals surface area contributed by atoms with E-state index in [1.54, 1.807) is 0 Å². The maximum atomic E-state index is 11.6. The van der Waals surface area contributed by atoms with Crippen LogP contribution in [0, 0.1) is 0 Å². The van der Waals surface area contributed by atoms with Gasteiger partial charge in [-0.15, -0.1) is 0 Å². The summed E-state index contributed by atoms with van der Waals surface area (Å²) in [6, 6.07) is 0. The number of hydrogen-bond acceptors (Lipinski definition) is 3. The lowest BCUT2D eigenvalue weighted by atomic mass is 10.1. The van der Waals surface area contributed by atoms with Crippen LogP contribution in [0.4, 0.5) is 0 Å². The zero-order chi connectivity index (χ0) is 10.6. The third-order valence-electron chi connectivity index (χ3n) is 3.16. The van der Waals surface area contributed by atoms with Crippen molar-refractivity contribution in [3.63, 3.8) is 0 Å². The molecule has 2 fully saturated rings. The van der Waals surface area contributed by atoms with Gasteiger partial charge in [-0.1, -0.05) is 6.08 Å².